The average Bonchev–Trinajstić information content (AvgIpc) is 2.83. The zero-order valence-corrected chi connectivity index (χ0v) is 23.4. The first-order valence-electron chi connectivity index (χ1n) is 11.5. The van der Waals surface area contributed by atoms with Gasteiger partial charge in [-0.1, -0.05) is 84.8 Å². The van der Waals surface area contributed by atoms with Crippen LogP contribution in [-0.2, 0) is 38.3 Å². The van der Waals surface area contributed by atoms with Gasteiger partial charge in [-0.2, -0.15) is 16.8 Å². The minimum Gasteiger partial charge on any atom is -0.399 e. The fourth-order valence-electron chi connectivity index (χ4n) is 3.98. The molecule has 2 aromatic carbocycles. The minimum atomic E-state index is -3.90. The van der Waals surface area contributed by atoms with Gasteiger partial charge in [0, 0.05) is 11.1 Å². The molecule has 0 fully saturated rings. The summed E-state index contributed by atoms with van der Waals surface area (Å²) in [7, 11) is -5.08. The summed E-state index contributed by atoms with van der Waals surface area (Å²) >= 11 is 0. The standard InChI is InChI=1S/C25H34N2O8S2/c1-18(24(34-36(5,28)29)22(26-32-3)20-13-9-7-10-14-20)17-19(2)25(35-37(6,30)31)23(27-33-4)21-15-11-8-12-16-21/h7-16,18-19,24-25H,17H2,1-6H3/b26-22+,27-23+/t18-,19-,24?,25?/m1/s1. The zero-order valence-electron chi connectivity index (χ0n) is 21.8. The third-order valence-electron chi connectivity index (χ3n) is 5.39. The second-order valence-electron chi connectivity index (χ2n) is 8.68. The molecule has 2 rings (SSSR count). The van der Waals surface area contributed by atoms with Crippen molar-refractivity contribution in [1.29, 1.82) is 0 Å². The highest BCUT2D eigenvalue weighted by atomic mass is 32.2. The van der Waals surface area contributed by atoms with Crippen LogP contribution in [0.2, 0.25) is 0 Å². The van der Waals surface area contributed by atoms with E-state index in [2.05, 4.69) is 10.3 Å². The van der Waals surface area contributed by atoms with Crippen LogP contribution < -0.4 is 0 Å². The Morgan fingerprint density at radius 2 is 1.00 bits per heavy atom. The van der Waals surface area contributed by atoms with Gasteiger partial charge in [0.2, 0.25) is 0 Å². The van der Waals surface area contributed by atoms with Crippen molar-refractivity contribution < 1.29 is 34.9 Å². The van der Waals surface area contributed by atoms with Crippen LogP contribution >= 0.6 is 0 Å². The summed E-state index contributed by atoms with van der Waals surface area (Å²) in [5.74, 6) is -0.965. The van der Waals surface area contributed by atoms with Crippen molar-refractivity contribution >= 4 is 31.7 Å². The first-order chi connectivity index (χ1) is 17.4. The number of rotatable bonds is 14. The maximum absolute atomic E-state index is 12.2. The molecule has 0 amide bonds. The lowest BCUT2D eigenvalue weighted by atomic mass is 9.84. The van der Waals surface area contributed by atoms with E-state index in [-0.39, 0.29) is 17.8 Å². The molecule has 0 saturated carbocycles. The van der Waals surface area contributed by atoms with Gasteiger partial charge in [-0.25, -0.2) is 0 Å². The summed E-state index contributed by atoms with van der Waals surface area (Å²) in [6.07, 6.45) is 0.127. The molecule has 0 aliphatic rings. The van der Waals surface area contributed by atoms with Gasteiger partial charge in [-0.05, 0) is 18.3 Å². The highest BCUT2D eigenvalue weighted by molar-refractivity contribution is 7.86. The normalized spacial score (nSPS) is 16.5. The summed E-state index contributed by atoms with van der Waals surface area (Å²) in [6, 6.07) is 17.8. The number of nitrogens with zero attached hydrogens (tertiary/aromatic N) is 2. The van der Waals surface area contributed by atoms with Crippen LogP contribution in [0.4, 0.5) is 0 Å². The molecule has 37 heavy (non-hydrogen) atoms. The van der Waals surface area contributed by atoms with Crippen LogP contribution in [0, 0.1) is 11.8 Å². The zero-order chi connectivity index (χ0) is 27.6. The van der Waals surface area contributed by atoms with E-state index in [1.165, 1.54) is 14.2 Å². The molecule has 2 aromatic rings. The van der Waals surface area contributed by atoms with Crippen molar-refractivity contribution in [1.82, 2.24) is 0 Å². The second-order valence-corrected chi connectivity index (χ2v) is 11.9. The van der Waals surface area contributed by atoms with E-state index in [4.69, 9.17) is 18.0 Å². The SMILES string of the molecule is CO/N=C(\c1ccccc1)C(OS(C)(=O)=O)[C@H](C)C[C@@H](C)C(OS(C)(=O)=O)/C(=N/OC)c1ccccc1. The second kappa shape index (κ2) is 13.7. The molecule has 204 valence electrons. The van der Waals surface area contributed by atoms with Crippen molar-refractivity contribution in [2.45, 2.75) is 32.5 Å². The molecule has 10 nitrogen and oxygen atoms in total. The largest absolute Gasteiger partial charge is 0.399 e. The number of hydrogen-bond acceptors (Lipinski definition) is 10. The Morgan fingerprint density at radius 1 is 0.676 bits per heavy atom. The van der Waals surface area contributed by atoms with Crippen LogP contribution in [0.25, 0.3) is 0 Å². The van der Waals surface area contributed by atoms with Crippen molar-refractivity contribution in [2.75, 3.05) is 26.7 Å². The van der Waals surface area contributed by atoms with Crippen LogP contribution in [0.5, 0.6) is 0 Å². The van der Waals surface area contributed by atoms with Gasteiger partial charge < -0.3 is 9.68 Å². The number of hydrogen-bond donors (Lipinski definition) is 0. The summed E-state index contributed by atoms with van der Waals surface area (Å²) < 4.78 is 59.8. The molecule has 0 bridgehead atoms. The maximum atomic E-state index is 12.2. The first-order valence-corrected chi connectivity index (χ1v) is 15.1. The third-order valence-corrected chi connectivity index (χ3v) is 6.51. The molecule has 0 saturated heterocycles. The molecule has 4 atom stereocenters. The summed E-state index contributed by atoms with van der Waals surface area (Å²) in [5.41, 5.74) is 1.80. The summed E-state index contributed by atoms with van der Waals surface area (Å²) in [5, 5.41) is 8.16. The molecule has 0 aliphatic carbocycles. The molecule has 12 heteroatoms. The highest BCUT2D eigenvalue weighted by Gasteiger charge is 2.35. The topological polar surface area (TPSA) is 130 Å². The lowest BCUT2D eigenvalue weighted by Gasteiger charge is -2.30. The van der Waals surface area contributed by atoms with Crippen LogP contribution in [0.15, 0.2) is 71.0 Å². The predicted molar refractivity (Wildman–Crippen MR) is 142 cm³/mol. The van der Waals surface area contributed by atoms with E-state index in [9.17, 15) is 16.8 Å². The number of benzene rings is 2. The lowest BCUT2D eigenvalue weighted by Crippen LogP contribution is -2.39. The molecule has 0 heterocycles. The van der Waals surface area contributed by atoms with Gasteiger partial charge in [-0.15, -0.1) is 0 Å². The molecule has 0 aromatic heterocycles. The Balaban J connectivity index is 2.50. The number of oxime groups is 2. The molecule has 2 unspecified atom stereocenters. The van der Waals surface area contributed by atoms with E-state index in [1.807, 2.05) is 12.1 Å². The fourth-order valence-corrected chi connectivity index (χ4v) is 5.30. The smallest absolute Gasteiger partial charge is 0.265 e. The van der Waals surface area contributed by atoms with Crippen LogP contribution in [0.1, 0.15) is 31.4 Å². The van der Waals surface area contributed by atoms with E-state index >= 15 is 0 Å². The fraction of sp³-hybridized carbons (Fsp3) is 0.440. The van der Waals surface area contributed by atoms with E-state index in [0.29, 0.717) is 11.1 Å². The summed E-state index contributed by atoms with van der Waals surface area (Å²) in [4.78, 5) is 10.0. The van der Waals surface area contributed by atoms with Gasteiger partial charge in [0.15, 0.2) is 0 Å². The molecule has 0 radical (unpaired) electrons. The molecular weight excluding hydrogens is 520 g/mol. The predicted octanol–water partition coefficient (Wildman–Crippen LogP) is 3.44. The highest BCUT2D eigenvalue weighted by Crippen LogP contribution is 2.28. The van der Waals surface area contributed by atoms with Gasteiger partial charge in [0.25, 0.3) is 20.2 Å². The third kappa shape index (κ3) is 9.88. The Morgan fingerprint density at radius 3 is 1.27 bits per heavy atom. The Bertz CT molecular complexity index is 1160. The molecular formula is C25H34N2O8S2. The van der Waals surface area contributed by atoms with E-state index in [1.54, 1.807) is 62.4 Å². The quantitative estimate of drug-likeness (QED) is 0.197. The van der Waals surface area contributed by atoms with Gasteiger partial charge >= 0.3 is 0 Å². The Hall–Kier alpha value is -2.80. The van der Waals surface area contributed by atoms with Crippen LogP contribution in [0.3, 0.4) is 0 Å². The van der Waals surface area contributed by atoms with Gasteiger partial charge in [-0.3, -0.25) is 8.37 Å². The average molecular weight is 555 g/mol. The van der Waals surface area contributed by atoms with Crippen molar-refractivity contribution in [3.63, 3.8) is 0 Å². The molecule has 0 N–H and O–H groups in total. The first kappa shape index (κ1) is 30.4. The van der Waals surface area contributed by atoms with Crippen molar-refractivity contribution in [2.24, 2.45) is 22.1 Å². The van der Waals surface area contributed by atoms with Gasteiger partial charge in [0.05, 0.1) is 12.5 Å². The van der Waals surface area contributed by atoms with E-state index in [0.717, 1.165) is 12.5 Å². The molecule has 0 spiro atoms. The lowest BCUT2D eigenvalue weighted by molar-refractivity contribution is 0.143. The minimum absolute atomic E-state index is 0.269. The van der Waals surface area contributed by atoms with Gasteiger partial charge in [0.1, 0.15) is 37.9 Å². The Labute approximate surface area is 219 Å². The summed E-state index contributed by atoms with van der Waals surface area (Å²) in [6.45, 7) is 3.57. The maximum Gasteiger partial charge on any atom is 0.265 e. The van der Waals surface area contributed by atoms with E-state index < -0.39 is 44.3 Å². The monoisotopic (exact) mass is 554 g/mol. The Kier molecular flexibility index (Phi) is 11.2. The van der Waals surface area contributed by atoms with Crippen molar-refractivity contribution in [3.8, 4) is 0 Å². The van der Waals surface area contributed by atoms with Crippen molar-refractivity contribution in [3.05, 3.63) is 71.8 Å². The van der Waals surface area contributed by atoms with Crippen LogP contribution in [-0.4, -0.2) is 67.2 Å². The molecule has 0 aliphatic heterocycles.